The highest BCUT2D eigenvalue weighted by Crippen LogP contribution is 2.12. The molecule has 1 rings (SSSR count). The van der Waals surface area contributed by atoms with Crippen molar-refractivity contribution in [3.8, 4) is 0 Å². The molecule has 1 aromatic rings. The Morgan fingerprint density at radius 3 is 2.62 bits per heavy atom. The van der Waals surface area contributed by atoms with Crippen molar-refractivity contribution in [3.63, 3.8) is 0 Å². The van der Waals surface area contributed by atoms with Gasteiger partial charge in [-0.1, -0.05) is 27.7 Å². The number of hydrogen-bond donors (Lipinski definition) is 1. The topological polar surface area (TPSA) is 47.3 Å². The fraction of sp³-hybridized carbons (Fsp3) is 0.750. The summed E-state index contributed by atoms with van der Waals surface area (Å²) in [6.45, 7) is 10.1. The highest BCUT2D eigenvalue weighted by molar-refractivity contribution is 5.05. The lowest BCUT2D eigenvalue weighted by Crippen LogP contribution is -2.12. The first-order valence-corrected chi connectivity index (χ1v) is 5.96. The third kappa shape index (κ3) is 5.28. The second-order valence-electron chi connectivity index (χ2n) is 3.47. The molecule has 16 heavy (non-hydrogen) atoms. The second-order valence-corrected chi connectivity index (χ2v) is 3.47. The fourth-order valence-electron chi connectivity index (χ4n) is 1.34. The molecule has 1 N–H and O–H groups in total. The van der Waals surface area contributed by atoms with E-state index in [0.717, 1.165) is 6.54 Å². The van der Waals surface area contributed by atoms with E-state index in [-0.39, 0.29) is 6.61 Å². The van der Waals surface area contributed by atoms with Gasteiger partial charge in [0, 0.05) is 11.9 Å². The van der Waals surface area contributed by atoms with E-state index in [9.17, 15) is 0 Å². The number of aliphatic hydroxyl groups excluding tert-OH is 1. The molecule has 0 saturated heterocycles. The lowest BCUT2D eigenvalue weighted by Gasteiger charge is -2.09. The fourth-order valence-corrected chi connectivity index (χ4v) is 1.34. The lowest BCUT2D eigenvalue weighted by molar-refractivity contribution is 0.0848. The molecular formula is C12H24N2O2. The van der Waals surface area contributed by atoms with Crippen molar-refractivity contribution in [2.75, 3.05) is 19.8 Å². The Hall–Kier alpha value is -0.870. The molecule has 1 heterocycles. The van der Waals surface area contributed by atoms with E-state index in [2.05, 4.69) is 18.9 Å². The van der Waals surface area contributed by atoms with Crippen LogP contribution in [-0.2, 0) is 11.3 Å². The minimum Gasteiger partial charge on any atom is -0.394 e. The first-order chi connectivity index (χ1) is 7.75. The van der Waals surface area contributed by atoms with Crippen molar-refractivity contribution in [2.45, 2.75) is 40.2 Å². The molecule has 94 valence electrons. The third-order valence-electron chi connectivity index (χ3n) is 2.02. The minimum atomic E-state index is 0.0795. The van der Waals surface area contributed by atoms with Gasteiger partial charge in [-0.2, -0.15) is 5.10 Å². The van der Waals surface area contributed by atoms with Gasteiger partial charge in [-0.05, 0) is 12.0 Å². The standard InChI is InChI=1S/C10H18N2O2.C2H6/c1-9(2)10-3-4-11-12(10)5-7-14-8-6-13;1-2/h3-4,9,13H,5-8H2,1-2H3;1-2H3. The van der Waals surface area contributed by atoms with E-state index >= 15 is 0 Å². The summed E-state index contributed by atoms with van der Waals surface area (Å²) in [5, 5.41) is 12.7. The van der Waals surface area contributed by atoms with Gasteiger partial charge in [0.25, 0.3) is 0 Å². The highest BCUT2D eigenvalue weighted by atomic mass is 16.5. The van der Waals surface area contributed by atoms with Crippen LogP contribution in [0.3, 0.4) is 0 Å². The molecule has 0 amide bonds. The molecule has 0 aliphatic carbocycles. The average Bonchev–Trinajstić information content (AvgIpc) is 2.75. The number of ether oxygens (including phenoxy) is 1. The number of hydrogen-bond acceptors (Lipinski definition) is 3. The summed E-state index contributed by atoms with van der Waals surface area (Å²) in [4.78, 5) is 0. The van der Waals surface area contributed by atoms with Gasteiger partial charge in [-0.3, -0.25) is 4.68 Å². The molecular weight excluding hydrogens is 204 g/mol. The van der Waals surface area contributed by atoms with E-state index in [1.807, 2.05) is 24.6 Å². The zero-order valence-corrected chi connectivity index (χ0v) is 10.8. The van der Waals surface area contributed by atoms with Crippen molar-refractivity contribution in [1.29, 1.82) is 0 Å². The number of aliphatic hydroxyl groups is 1. The molecule has 0 aliphatic rings. The lowest BCUT2D eigenvalue weighted by atomic mass is 10.1. The Labute approximate surface area is 98.2 Å². The maximum absolute atomic E-state index is 8.52. The monoisotopic (exact) mass is 228 g/mol. The van der Waals surface area contributed by atoms with E-state index in [1.165, 1.54) is 5.69 Å². The molecule has 0 spiro atoms. The van der Waals surface area contributed by atoms with Crippen molar-refractivity contribution in [1.82, 2.24) is 9.78 Å². The normalized spacial score (nSPS) is 10.1. The molecule has 0 bridgehead atoms. The summed E-state index contributed by atoms with van der Waals surface area (Å²) in [6, 6.07) is 2.02. The van der Waals surface area contributed by atoms with Gasteiger partial charge >= 0.3 is 0 Å². The Balaban J connectivity index is 0.00000106. The molecule has 0 aliphatic heterocycles. The Morgan fingerprint density at radius 1 is 1.38 bits per heavy atom. The largest absolute Gasteiger partial charge is 0.394 e. The maximum Gasteiger partial charge on any atom is 0.0698 e. The van der Waals surface area contributed by atoms with Crippen molar-refractivity contribution >= 4 is 0 Å². The summed E-state index contributed by atoms with van der Waals surface area (Å²) in [7, 11) is 0. The van der Waals surface area contributed by atoms with E-state index in [4.69, 9.17) is 9.84 Å². The van der Waals surface area contributed by atoms with Crippen LogP contribution in [0.4, 0.5) is 0 Å². The van der Waals surface area contributed by atoms with E-state index in [1.54, 1.807) is 6.20 Å². The van der Waals surface area contributed by atoms with Gasteiger partial charge in [0.2, 0.25) is 0 Å². The molecule has 0 fully saturated rings. The van der Waals surface area contributed by atoms with Crippen molar-refractivity contribution < 1.29 is 9.84 Å². The summed E-state index contributed by atoms with van der Waals surface area (Å²) in [5.41, 5.74) is 1.22. The molecule has 0 radical (unpaired) electrons. The van der Waals surface area contributed by atoms with E-state index in [0.29, 0.717) is 19.1 Å². The van der Waals surface area contributed by atoms with Crippen LogP contribution in [0.5, 0.6) is 0 Å². The van der Waals surface area contributed by atoms with Gasteiger partial charge < -0.3 is 9.84 Å². The molecule has 0 saturated carbocycles. The SMILES string of the molecule is CC.CC(C)c1ccnn1CCOCCO. The molecule has 0 aromatic carbocycles. The van der Waals surface area contributed by atoms with Crippen LogP contribution in [0.15, 0.2) is 12.3 Å². The maximum atomic E-state index is 8.52. The smallest absolute Gasteiger partial charge is 0.0698 e. The average molecular weight is 228 g/mol. The Kier molecular flexibility index (Phi) is 8.85. The zero-order valence-electron chi connectivity index (χ0n) is 10.8. The van der Waals surface area contributed by atoms with Crippen LogP contribution >= 0.6 is 0 Å². The minimum absolute atomic E-state index is 0.0795. The molecule has 4 heteroatoms. The Bertz CT molecular complexity index is 259. The Morgan fingerprint density at radius 2 is 2.06 bits per heavy atom. The van der Waals surface area contributed by atoms with Gasteiger partial charge in [0.1, 0.15) is 0 Å². The molecule has 1 aromatic heterocycles. The van der Waals surface area contributed by atoms with Crippen LogP contribution in [0, 0.1) is 0 Å². The third-order valence-corrected chi connectivity index (χ3v) is 2.02. The van der Waals surface area contributed by atoms with Gasteiger partial charge in [-0.15, -0.1) is 0 Å². The highest BCUT2D eigenvalue weighted by Gasteiger charge is 2.05. The first kappa shape index (κ1) is 15.1. The number of rotatable bonds is 6. The summed E-state index contributed by atoms with van der Waals surface area (Å²) in [5.74, 6) is 0.482. The summed E-state index contributed by atoms with van der Waals surface area (Å²) >= 11 is 0. The quantitative estimate of drug-likeness (QED) is 0.758. The van der Waals surface area contributed by atoms with Crippen LogP contribution in [0.25, 0.3) is 0 Å². The predicted molar refractivity (Wildman–Crippen MR) is 65.6 cm³/mol. The van der Waals surface area contributed by atoms with Gasteiger partial charge in [0.15, 0.2) is 0 Å². The summed E-state index contributed by atoms with van der Waals surface area (Å²) in [6.07, 6.45) is 1.81. The number of nitrogens with zero attached hydrogens (tertiary/aromatic N) is 2. The van der Waals surface area contributed by atoms with Crippen molar-refractivity contribution in [3.05, 3.63) is 18.0 Å². The second kappa shape index (κ2) is 9.36. The van der Waals surface area contributed by atoms with E-state index < -0.39 is 0 Å². The van der Waals surface area contributed by atoms with Gasteiger partial charge in [0.05, 0.1) is 26.4 Å². The van der Waals surface area contributed by atoms with Crippen molar-refractivity contribution in [2.24, 2.45) is 0 Å². The molecule has 0 atom stereocenters. The predicted octanol–water partition coefficient (Wildman–Crippen LogP) is 2.04. The van der Waals surface area contributed by atoms with Crippen LogP contribution in [0.2, 0.25) is 0 Å². The molecule has 0 unspecified atom stereocenters. The van der Waals surface area contributed by atoms with Crippen LogP contribution < -0.4 is 0 Å². The van der Waals surface area contributed by atoms with Crippen LogP contribution in [-0.4, -0.2) is 34.7 Å². The zero-order chi connectivity index (χ0) is 12.4. The summed E-state index contributed by atoms with van der Waals surface area (Å²) < 4.78 is 7.13. The van der Waals surface area contributed by atoms with Gasteiger partial charge in [-0.25, -0.2) is 0 Å². The first-order valence-electron chi connectivity index (χ1n) is 5.96. The molecule has 4 nitrogen and oxygen atoms in total. The number of aromatic nitrogens is 2. The van der Waals surface area contributed by atoms with Crippen LogP contribution in [0.1, 0.15) is 39.3 Å².